The number of aryl methyl sites for hydroxylation is 1. The van der Waals surface area contributed by atoms with Crippen molar-refractivity contribution in [2.75, 3.05) is 17.7 Å². The molecular weight excluding hydrogens is 378 g/mol. The summed E-state index contributed by atoms with van der Waals surface area (Å²) in [6.07, 6.45) is 0. The van der Waals surface area contributed by atoms with E-state index in [2.05, 4.69) is 15.5 Å². The molecule has 8 heteroatoms. The third-order valence-corrected chi connectivity index (χ3v) is 4.50. The van der Waals surface area contributed by atoms with Gasteiger partial charge in [-0.3, -0.25) is 4.79 Å². The summed E-state index contributed by atoms with van der Waals surface area (Å²) < 4.78 is 10.5. The Kier molecular flexibility index (Phi) is 6.44. The lowest BCUT2D eigenvalue weighted by Crippen LogP contribution is -2.14. The van der Waals surface area contributed by atoms with Crippen LogP contribution in [0.25, 0.3) is 11.5 Å². The molecule has 3 aromatic rings. The normalized spacial score (nSPS) is 10.5. The number of carbonyl (C=O) groups is 2. The van der Waals surface area contributed by atoms with Gasteiger partial charge in [0.2, 0.25) is 11.8 Å². The van der Waals surface area contributed by atoms with Crippen molar-refractivity contribution in [1.29, 1.82) is 0 Å². The lowest BCUT2D eigenvalue weighted by Gasteiger charge is -2.05. The number of benzene rings is 2. The first-order chi connectivity index (χ1) is 13.5. The zero-order valence-electron chi connectivity index (χ0n) is 15.5. The average molecular weight is 397 g/mol. The van der Waals surface area contributed by atoms with Crippen molar-refractivity contribution >= 4 is 29.3 Å². The number of carbonyl (C=O) groups excluding carboxylic acids is 2. The lowest BCUT2D eigenvalue weighted by atomic mass is 10.1. The van der Waals surface area contributed by atoms with Gasteiger partial charge in [-0.25, -0.2) is 4.79 Å². The van der Waals surface area contributed by atoms with E-state index in [9.17, 15) is 9.59 Å². The maximum Gasteiger partial charge on any atom is 0.338 e. The van der Waals surface area contributed by atoms with Gasteiger partial charge >= 0.3 is 5.97 Å². The van der Waals surface area contributed by atoms with Gasteiger partial charge in [-0.05, 0) is 50.2 Å². The summed E-state index contributed by atoms with van der Waals surface area (Å²) in [5.41, 5.74) is 2.96. The topological polar surface area (TPSA) is 94.3 Å². The third-order valence-electron chi connectivity index (χ3n) is 3.68. The summed E-state index contributed by atoms with van der Waals surface area (Å²) in [5.74, 6) is -0.0724. The number of nitrogens with one attached hydrogen (secondary N) is 1. The van der Waals surface area contributed by atoms with E-state index in [1.807, 2.05) is 31.2 Å². The van der Waals surface area contributed by atoms with Crippen molar-refractivity contribution in [1.82, 2.24) is 10.2 Å². The number of anilines is 1. The first-order valence-corrected chi connectivity index (χ1v) is 9.64. The van der Waals surface area contributed by atoms with Gasteiger partial charge in [0, 0.05) is 11.3 Å². The molecular formula is C20H19N3O4S. The molecule has 1 aromatic heterocycles. The largest absolute Gasteiger partial charge is 0.462 e. The summed E-state index contributed by atoms with van der Waals surface area (Å²) in [5, 5.41) is 11.1. The van der Waals surface area contributed by atoms with Gasteiger partial charge in [-0.15, -0.1) is 10.2 Å². The minimum Gasteiger partial charge on any atom is -0.462 e. The van der Waals surface area contributed by atoms with Crippen LogP contribution in [-0.4, -0.2) is 34.4 Å². The van der Waals surface area contributed by atoms with Gasteiger partial charge in [-0.1, -0.05) is 29.5 Å². The third kappa shape index (κ3) is 5.20. The van der Waals surface area contributed by atoms with E-state index in [0.717, 1.165) is 22.9 Å². The Morgan fingerprint density at radius 2 is 1.93 bits per heavy atom. The molecule has 0 saturated heterocycles. The number of amides is 1. The predicted octanol–water partition coefficient (Wildman–Crippen LogP) is 3.95. The van der Waals surface area contributed by atoms with Gasteiger partial charge in [0.15, 0.2) is 0 Å². The van der Waals surface area contributed by atoms with Crippen LogP contribution in [0.4, 0.5) is 5.69 Å². The van der Waals surface area contributed by atoms with Gasteiger partial charge < -0.3 is 14.5 Å². The molecule has 0 aliphatic heterocycles. The first kappa shape index (κ1) is 19.6. The van der Waals surface area contributed by atoms with Crippen LogP contribution in [0.2, 0.25) is 0 Å². The van der Waals surface area contributed by atoms with Gasteiger partial charge in [0.25, 0.3) is 5.22 Å². The maximum absolute atomic E-state index is 12.1. The second-order valence-corrected chi connectivity index (χ2v) is 6.80. The molecule has 0 atom stereocenters. The van der Waals surface area contributed by atoms with Gasteiger partial charge in [-0.2, -0.15) is 0 Å². The quantitative estimate of drug-likeness (QED) is 0.476. The van der Waals surface area contributed by atoms with Crippen molar-refractivity contribution in [2.45, 2.75) is 19.1 Å². The number of nitrogens with zero attached hydrogens (tertiary/aromatic N) is 2. The fourth-order valence-corrected chi connectivity index (χ4v) is 2.95. The summed E-state index contributed by atoms with van der Waals surface area (Å²) in [7, 11) is 0. The highest BCUT2D eigenvalue weighted by Crippen LogP contribution is 2.24. The zero-order chi connectivity index (χ0) is 19.9. The molecule has 0 unspecified atom stereocenters. The second-order valence-electron chi connectivity index (χ2n) is 5.88. The number of hydrogen-bond donors (Lipinski definition) is 1. The van der Waals surface area contributed by atoms with Crippen molar-refractivity contribution in [3.63, 3.8) is 0 Å². The van der Waals surface area contributed by atoms with E-state index < -0.39 is 5.97 Å². The zero-order valence-corrected chi connectivity index (χ0v) is 16.3. The molecule has 1 N–H and O–H groups in total. The molecule has 0 aliphatic rings. The Morgan fingerprint density at radius 3 is 2.64 bits per heavy atom. The number of aromatic nitrogens is 2. The molecule has 0 saturated carbocycles. The number of rotatable bonds is 7. The molecule has 7 nitrogen and oxygen atoms in total. The number of ether oxygens (including phenoxy) is 1. The molecule has 3 rings (SSSR count). The van der Waals surface area contributed by atoms with E-state index in [1.165, 1.54) is 0 Å². The Morgan fingerprint density at radius 1 is 1.14 bits per heavy atom. The predicted molar refractivity (Wildman–Crippen MR) is 106 cm³/mol. The molecule has 0 bridgehead atoms. The number of hydrogen-bond acceptors (Lipinski definition) is 7. The molecule has 0 fully saturated rings. The monoisotopic (exact) mass is 397 g/mol. The molecule has 0 aliphatic carbocycles. The van der Waals surface area contributed by atoms with Crippen LogP contribution in [0.3, 0.4) is 0 Å². The van der Waals surface area contributed by atoms with E-state index in [4.69, 9.17) is 9.15 Å². The van der Waals surface area contributed by atoms with E-state index >= 15 is 0 Å². The Bertz CT molecular complexity index is 970. The van der Waals surface area contributed by atoms with Crippen molar-refractivity contribution < 1.29 is 18.7 Å². The van der Waals surface area contributed by atoms with Crippen molar-refractivity contribution in [3.05, 3.63) is 59.7 Å². The molecule has 0 spiro atoms. The van der Waals surface area contributed by atoms with Crippen LogP contribution < -0.4 is 5.32 Å². The molecule has 28 heavy (non-hydrogen) atoms. The Hall–Kier alpha value is -3.13. The highest BCUT2D eigenvalue weighted by atomic mass is 32.2. The number of esters is 1. The molecule has 1 amide bonds. The van der Waals surface area contributed by atoms with Crippen molar-refractivity contribution in [3.8, 4) is 11.5 Å². The van der Waals surface area contributed by atoms with Crippen LogP contribution in [0, 0.1) is 6.92 Å². The molecule has 144 valence electrons. The fraction of sp³-hybridized carbons (Fsp3) is 0.200. The second kappa shape index (κ2) is 9.18. The maximum atomic E-state index is 12.1. The van der Waals surface area contributed by atoms with Crippen LogP contribution in [0.5, 0.6) is 0 Å². The molecule has 1 heterocycles. The van der Waals surface area contributed by atoms with Crippen LogP contribution >= 0.6 is 11.8 Å². The summed E-state index contributed by atoms with van der Waals surface area (Å²) >= 11 is 1.16. The standard InChI is InChI=1S/C20H19N3O4S/c1-3-26-19(25)14-7-9-16(10-8-14)21-17(24)12-28-20-23-22-18(27-20)15-6-4-5-13(2)11-15/h4-11H,3,12H2,1-2H3,(H,21,24). The van der Waals surface area contributed by atoms with Crippen molar-refractivity contribution in [2.24, 2.45) is 0 Å². The van der Waals surface area contributed by atoms with Crippen LogP contribution in [0.1, 0.15) is 22.8 Å². The van der Waals surface area contributed by atoms with Gasteiger partial charge in [0.1, 0.15) is 0 Å². The summed E-state index contributed by atoms with van der Waals surface area (Å²) in [6, 6.07) is 14.3. The summed E-state index contributed by atoms with van der Waals surface area (Å²) in [6.45, 7) is 4.05. The summed E-state index contributed by atoms with van der Waals surface area (Å²) in [4.78, 5) is 23.7. The smallest absolute Gasteiger partial charge is 0.338 e. The Balaban J connectivity index is 1.53. The molecule has 0 radical (unpaired) electrons. The van der Waals surface area contributed by atoms with Crippen LogP contribution in [0.15, 0.2) is 58.2 Å². The average Bonchev–Trinajstić information content (AvgIpc) is 3.16. The highest BCUT2D eigenvalue weighted by Gasteiger charge is 2.12. The molecule has 2 aromatic carbocycles. The van der Waals surface area contributed by atoms with E-state index in [0.29, 0.717) is 29.0 Å². The van der Waals surface area contributed by atoms with E-state index in [1.54, 1.807) is 31.2 Å². The Labute approximate surface area is 166 Å². The van der Waals surface area contributed by atoms with Crippen LogP contribution in [-0.2, 0) is 9.53 Å². The first-order valence-electron chi connectivity index (χ1n) is 8.65. The SMILES string of the molecule is CCOC(=O)c1ccc(NC(=O)CSc2nnc(-c3cccc(C)c3)o2)cc1. The lowest BCUT2D eigenvalue weighted by molar-refractivity contribution is -0.113. The number of thioether (sulfide) groups is 1. The minimum atomic E-state index is -0.392. The fourth-order valence-electron chi connectivity index (χ4n) is 2.39. The van der Waals surface area contributed by atoms with E-state index in [-0.39, 0.29) is 11.7 Å². The minimum absolute atomic E-state index is 0.120. The highest BCUT2D eigenvalue weighted by molar-refractivity contribution is 7.99. The van der Waals surface area contributed by atoms with Gasteiger partial charge in [0.05, 0.1) is 17.9 Å².